The van der Waals surface area contributed by atoms with Crippen LogP contribution in [-0.4, -0.2) is 80.6 Å². The Morgan fingerprint density at radius 3 is 2.49 bits per heavy atom. The van der Waals surface area contributed by atoms with Crippen molar-refractivity contribution in [1.29, 1.82) is 0 Å². The van der Waals surface area contributed by atoms with Gasteiger partial charge in [0.05, 0.1) is 19.2 Å². The van der Waals surface area contributed by atoms with Crippen molar-refractivity contribution in [1.82, 2.24) is 24.8 Å². The zero-order valence-electron chi connectivity index (χ0n) is 20.0. The zero-order valence-corrected chi connectivity index (χ0v) is 20.0. The molecular formula is C26H29N5O4. The summed E-state index contributed by atoms with van der Waals surface area (Å²) in [5.74, 6) is -0.320. The van der Waals surface area contributed by atoms with Gasteiger partial charge in [-0.2, -0.15) is 0 Å². The number of aromatic nitrogens is 3. The highest BCUT2D eigenvalue weighted by Gasteiger charge is 2.34. The maximum absolute atomic E-state index is 13.6. The SMILES string of the molecule is C[C@H](CO)N1C[C@H](C)[C@H](CN(C)C(=O)c2ccncc2)Oc2ncc(-c3ccncc3)cc2C1=O. The predicted molar refractivity (Wildman–Crippen MR) is 130 cm³/mol. The van der Waals surface area contributed by atoms with E-state index in [1.54, 1.807) is 73.0 Å². The summed E-state index contributed by atoms with van der Waals surface area (Å²) in [6, 6.07) is 8.39. The van der Waals surface area contributed by atoms with Crippen molar-refractivity contribution in [3.8, 4) is 17.0 Å². The monoisotopic (exact) mass is 475 g/mol. The van der Waals surface area contributed by atoms with Crippen LogP contribution in [0, 0.1) is 5.92 Å². The molecule has 3 aromatic heterocycles. The minimum Gasteiger partial charge on any atom is -0.472 e. The second kappa shape index (κ2) is 10.6. The van der Waals surface area contributed by atoms with Crippen molar-refractivity contribution in [3.63, 3.8) is 0 Å². The number of hydrogen-bond donors (Lipinski definition) is 1. The van der Waals surface area contributed by atoms with Crippen molar-refractivity contribution in [2.45, 2.75) is 26.0 Å². The Balaban J connectivity index is 1.68. The lowest BCUT2D eigenvalue weighted by Crippen LogP contribution is -2.50. The van der Waals surface area contributed by atoms with Crippen molar-refractivity contribution >= 4 is 11.8 Å². The van der Waals surface area contributed by atoms with E-state index in [0.717, 1.165) is 11.1 Å². The molecule has 3 atom stereocenters. The number of fused-ring (bicyclic) bond motifs is 1. The van der Waals surface area contributed by atoms with Crippen molar-refractivity contribution in [2.24, 2.45) is 5.92 Å². The Kier molecular flexibility index (Phi) is 7.36. The van der Waals surface area contributed by atoms with E-state index in [9.17, 15) is 14.7 Å². The van der Waals surface area contributed by atoms with Crippen LogP contribution in [0.3, 0.4) is 0 Å². The van der Waals surface area contributed by atoms with Crippen LogP contribution >= 0.6 is 0 Å². The molecule has 0 saturated heterocycles. The molecule has 4 heterocycles. The highest BCUT2D eigenvalue weighted by atomic mass is 16.5. The molecule has 0 bridgehead atoms. The molecule has 9 nitrogen and oxygen atoms in total. The molecule has 0 saturated carbocycles. The molecule has 2 amide bonds. The molecule has 182 valence electrons. The van der Waals surface area contributed by atoms with E-state index in [1.807, 2.05) is 19.1 Å². The lowest BCUT2D eigenvalue weighted by atomic mass is 9.99. The van der Waals surface area contributed by atoms with E-state index < -0.39 is 12.1 Å². The molecule has 1 aliphatic rings. The molecule has 1 N–H and O–H groups in total. The number of hydrogen-bond acceptors (Lipinski definition) is 7. The number of pyridine rings is 3. The molecule has 0 aliphatic carbocycles. The van der Waals surface area contributed by atoms with Crippen molar-refractivity contribution in [3.05, 3.63) is 72.4 Å². The molecule has 9 heteroatoms. The van der Waals surface area contributed by atoms with Gasteiger partial charge in [0, 0.05) is 61.6 Å². The normalized spacial score (nSPS) is 18.6. The lowest BCUT2D eigenvalue weighted by molar-refractivity contribution is 0.0313. The van der Waals surface area contributed by atoms with E-state index in [2.05, 4.69) is 15.0 Å². The molecule has 0 radical (unpaired) electrons. The second-order valence-electron chi connectivity index (χ2n) is 8.86. The van der Waals surface area contributed by atoms with Crippen molar-refractivity contribution < 1.29 is 19.4 Å². The third kappa shape index (κ3) is 5.30. The Morgan fingerprint density at radius 2 is 1.83 bits per heavy atom. The first-order valence-electron chi connectivity index (χ1n) is 11.5. The molecule has 1 aliphatic heterocycles. The first-order chi connectivity index (χ1) is 16.9. The van der Waals surface area contributed by atoms with Crippen LogP contribution in [-0.2, 0) is 0 Å². The molecule has 0 aromatic carbocycles. The third-order valence-corrected chi connectivity index (χ3v) is 6.26. The highest BCUT2D eigenvalue weighted by Crippen LogP contribution is 2.30. The number of aliphatic hydroxyl groups excluding tert-OH is 1. The topological polar surface area (TPSA) is 109 Å². The van der Waals surface area contributed by atoms with Gasteiger partial charge in [0.25, 0.3) is 11.8 Å². The smallest absolute Gasteiger partial charge is 0.259 e. The maximum atomic E-state index is 13.6. The minimum atomic E-state index is -0.426. The van der Waals surface area contributed by atoms with E-state index in [1.165, 1.54) is 0 Å². The van der Waals surface area contributed by atoms with Gasteiger partial charge in [0.1, 0.15) is 11.7 Å². The standard InChI is InChI=1S/C26H29N5O4/c1-17-14-31(18(2)16-32)26(34)22-12-21(19-4-8-27-9-5-19)13-29-24(22)35-23(17)15-30(3)25(33)20-6-10-28-11-7-20/h4-13,17-18,23,32H,14-16H2,1-3H3/t17-,18+,23-/m0/s1. The summed E-state index contributed by atoms with van der Waals surface area (Å²) in [5.41, 5.74) is 2.49. The van der Waals surface area contributed by atoms with Gasteiger partial charge in [0.2, 0.25) is 5.88 Å². The van der Waals surface area contributed by atoms with E-state index >= 15 is 0 Å². The molecule has 0 spiro atoms. The Bertz CT molecular complexity index is 1170. The fraction of sp³-hybridized carbons (Fsp3) is 0.346. The fourth-order valence-corrected chi connectivity index (χ4v) is 4.09. The van der Waals surface area contributed by atoms with Gasteiger partial charge in [0.15, 0.2) is 0 Å². The number of aliphatic hydroxyl groups is 1. The van der Waals surface area contributed by atoms with Gasteiger partial charge in [-0.3, -0.25) is 19.6 Å². The summed E-state index contributed by atoms with van der Waals surface area (Å²) < 4.78 is 6.29. The summed E-state index contributed by atoms with van der Waals surface area (Å²) in [4.78, 5) is 42.2. The van der Waals surface area contributed by atoms with Crippen LogP contribution in [0.25, 0.3) is 11.1 Å². The van der Waals surface area contributed by atoms with Crippen LogP contribution in [0.1, 0.15) is 34.6 Å². The van der Waals surface area contributed by atoms with Gasteiger partial charge >= 0.3 is 0 Å². The van der Waals surface area contributed by atoms with Gasteiger partial charge in [-0.15, -0.1) is 0 Å². The number of amides is 2. The van der Waals surface area contributed by atoms with Gasteiger partial charge in [-0.1, -0.05) is 6.92 Å². The lowest BCUT2D eigenvalue weighted by Gasteiger charge is -2.37. The van der Waals surface area contributed by atoms with E-state index in [4.69, 9.17) is 4.74 Å². The number of ether oxygens (including phenoxy) is 1. The summed E-state index contributed by atoms with van der Waals surface area (Å²) in [6.45, 7) is 4.26. The number of carbonyl (C=O) groups excluding carboxylic acids is 2. The van der Waals surface area contributed by atoms with E-state index in [0.29, 0.717) is 24.2 Å². The fourth-order valence-electron chi connectivity index (χ4n) is 4.09. The number of carbonyl (C=O) groups is 2. The van der Waals surface area contributed by atoms with Gasteiger partial charge in [-0.25, -0.2) is 4.98 Å². The minimum absolute atomic E-state index is 0.129. The average Bonchev–Trinajstić information content (AvgIpc) is 2.90. The van der Waals surface area contributed by atoms with Crippen LogP contribution < -0.4 is 4.74 Å². The number of rotatable bonds is 6. The van der Waals surface area contributed by atoms with Crippen LogP contribution in [0.2, 0.25) is 0 Å². The molecule has 3 aromatic rings. The highest BCUT2D eigenvalue weighted by molar-refractivity contribution is 5.98. The Labute approximate surface area is 204 Å². The Hall–Kier alpha value is -3.85. The first kappa shape index (κ1) is 24.3. The first-order valence-corrected chi connectivity index (χ1v) is 11.5. The molecule has 0 fully saturated rings. The Morgan fingerprint density at radius 1 is 1.17 bits per heavy atom. The van der Waals surface area contributed by atoms with Gasteiger partial charge < -0.3 is 19.6 Å². The summed E-state index contributed by atoms with van der Waals surface area (Å²) in [6.07, 6.45) is 7.75. The summed E-state index contributed by atoms with van der Waals surface area (Å²) in [7, 11) is 1.72. The maximum Gasteiger partial charge on any atom is 0.259 e. The van der Waals surface area contributed by atoms with Crippen LogP contribution in [0.5, 0.6) is 5.88 Å². The van der Waals surface area contributed by atoms with Gasteiger partial charge in [-0.05, 0) is 42.8 Å². The largest absolute Gasteiger partial charge is 0.472 e. The third-order valence-electron chi connectivity index (χ3n) is 6.26. The zero-order chi connectivity index (χ0) is 24.9. The quantitative estimate of drug-likeness (QED) is 0.584. The van der Waals surface area contributed by atoms with Crippen LogP contribution in [0.15, 0.2) is 61.3 Å². The predicted octanol–water partition coefficient (Wildman–Crippen LogP) is 2.53. The molecule has 0 unspecified atom stereocenters. The number of likely N-dealkylation sites (N-methyl/N-ethyl adjacent to an activating group) is 1. The summed E-state index contributed by atoms with van der Waals surface area (Å²) in [5, 5.41) is 9.84. The average molecular weight is 476 g/mol. The molecule has 4 rings (SSSR count). The molecule has 35 heavy (non-hydrogen) atoms. The van der Waals surface area contributed by atoms with Crippen molar-refractivity contribution in [2.75, 3.05) is 26.7 Å². The number of nitrogens with zero attached hydrogens (tertiary/aromatic N) is 5. The van der Waals surface area contributed by atoms with Crippen LogP contribution in [0.4, 0.5) is 0 Å². The molecular weight excluding hydrogens is 446 g/mol. The summed E-state index contributed by atoms with van der Waals surface area (Å²) >= 11 is 0. The second-order valence-corrected chi connectivity index (χ2v) is 8.86. The van der Waals surface area contributed by atoms with E-state index in [-0.39, 0.29) is 30.2 Å².